The zero-order valence-electron chi connectivity index (χ0n) is 21.8. The van der Waals surface area contributed by atoms with Gasteiger partial charge in [0.25, 0.3) is 0 Å². The molecule has 1 aromatic rings. The fraction of sp³-hybridized carbons (Fsp3) is 0.778. The van der Waals surface area contributed by atoms with Gasteiger partial charge in [0.1, 0.15) is 10.1 Å². The second kappa shape index (κ2) is 19.8. The molecule has 0 aliphatic carbocycles. The van der Waals surface area contributed by atoms with Gasteiger partial charge in [-0.05, 0) is 57.6 Å². The van der Waals surface area contributed by atoms with E-state index in [1.807, 2.05) is 6.92 Å². The topological polar surface area (TPSA) is 57.2 Å². The number of benzene rings is 1. The van der Waals surface area contributed by atoms with Gasteiger partial charge in [0, 0.05) is 5.33 Å². The summed E-state index contributed by atoms with van der Waals surface area (Å²) in [7, 11) is -1.76. The van der Waals surface area contributed by atoms with Crippen LogP contribution >= 0.6 is 15.9 Å². The summed E-state index contributed by atoms with van der Waals surface area (Å²) in [6.07, 6.45) is 18.4. The quantitative estimate of drug-likeness (QED) is 0.0813. The van der Waals surface area contributed by atoms with E-state index in [2.05, 4.69) is 36.8 Å². The van der Waals surface area contributed by atoms with E-state index in [4.69, 9.17) is 0 Å². The first-order valence-electron chi connectivity index (χ1n) is 13.1. The van der Waals surface area contributed by atoms with Crippen LogP contribution in [0.3, 0.4) is 0 Å². The van der Waals surface area contributed by atoms with E-state index >= 15 is 0 Å². The second-order valence-corrected chi connectivity index (χ2v) is 11.8. The van der Waals surface area contributed by atoms with Crippen molar-refractivity contribution in [3.63, 3.8) is 0 Å². The predicted molar refractivity (Wildman–Crippen MR) is 145 cm³/mol. The van der Waals surface area contributed by atoms with Gasteiger partial charge in [-0.2, -0.15) is 0 Å². The highest BCUT2D eigenvalue weighted by atomic mass is 79.9. The Bertz CT molecular complexity index is 679. The fourth-order valence-corrected chi connectivity index (χ4v) is 4.87. The highest BCUT2D eigenvalue weighted by molar-refractivity contribution is 9.09. The normalized spacial score (nSPS) is 13.3. The van der Waals surface area contributed by atoms with Gasteiger partial charge in [0.2, 0.25) is 0 Å². The summed E-state index contributed by atoms with van der Waals surface area (Å²) < 4.78 is 32.5. The van der Waals surface area contributed by atoms with Crippen molar-refractivity contribution < 1.29 is 17.5 Å². The molecule has 0 saturated heterocycles. The Balaban J connectivity index is 0.000000771. The second-order valence-electron chi connectivity index (χ2n) is 9.64. The van der Waals surface area contributed by atoms with Crippen LogP contribution in [0.1, 0.15) is 103 Å². The summed E-state index contributed by atoms with van der Waals surface area (Å²) in [6.45, 7) is 10.6. The third kappa shape index (κ3) is 18.6. The Morgan fingerprint density at radius 3 is 1.52 bits per heavy atom. The molecule has 33 heavy (non-hydrogen) atoms. The number of quaternary nitrogens is 1. The van der Waals surface area contributed by atoms with E-state index < -0.39 is 10.1 Å². The number of hydrogen-bond donors (Lipinski definition) is 0. The number of nitrogens with zero attached hydrogens (tertiary/aromatic N) is 1. The summed E-state index contributed by atoms with van der Waals surface area (Å²) in [5.41, 5.74) is 0.928. The average molecular weight is 549 g/mol. The lowest BCUT2D eigenvalue weighted by atomic mass is 10.1. The van der Waals surface area contributed by atoms with Gasteiger partial charge in [-0.25, -0.2) is 8.42 Å². The smallest absolute Gasteiger partial charge is 0.124 e. The van der Waals surface area contributed by atoms with Gasteiger partial charge in [0.05, 0.1) is 31.6 Å². The highest BCUT2D eigenvalue weighted by Gasteiger charge is 2.19. The Hall–Kier alpha value is -0.430. The van der Waals surface area contributed by atoms with Crippen molar-refractivity contribution in [3.8, 4) is 0 Å². The molecule has 0 amide bonds. The summed E-state index contributed by atoms with van der Waals surface area (Å²) in [4.78, 5) is -0.178. The molecule has 0 radical (unpaired) electrons. The van der Waals surface area contributed by atoms with E-state index in [0.29, 0.717) is 0 Å². The third-order valence-corrected chi connectivity index (χ3v) is 7.65. The Labute approximate surface area is 214 Å². The zero-order chi connectivity index (χ0) is 25.0. The fourth-order valence-electron chi connectivity index (χ4n) is 4.00. The SMILES string of the molecule is CCCCCCCC[N+](C)(CCCCBr)CCCCCCC.Cc1ccc(S(=O)(=O)[O-])cc1. The van der Waals surface area contributed by atoms with Crippen LogP contribution in [0.25, 0.3) is 0 Å². The zero-order valence-corrected chi connectivity index (χ0v) is 24.2. The van der Waals surface area contributed by atoms with Gasteiger partial charge >= 0.3 is 0 Å². The van der Waals surface area contributed by atoms with Crippen LogP contribution in [0, 0.1) is 6.92 Å². The van der Waals surface area contributed by atoms with Crippen molar-refractivity contribution in [3.05, 3.63) is 29.8 Å². The standard InChI is InChI=1S/C20H43BrN.C7H8O3S/c1-4-6-8-10-12-15-19-22(3,20-16-13-17-21)18-14-11-9-7-5-2;1-6-2-4-7(5-3-6)11(8,9)10/h4-20H2,1-3H3;2-5H,1H3,(H,8,9,10)/q+1;/p-1. The molecule has 4 nitrogen and oxygen atoms in total. The molecular formula is C27H50BrNO3S. The van der Waals surface area contributed by atoms with Crippen LogP contribution in [0.5, 0.6) is 0 Å². The van der Waals surface area contributed by atoms with Crippen molar-refractivity contribution in [2.45, 2.75) is 109 Å². The third-order valence-electron chi connectivity index (χ3n) is 6.24. The molecule has 0 N–H and O–H groups in total. The van der Waals surface area contributed by atoms with Crippen LogP contribution in [0.2, 0.25) is 0 Å². The summed E-state index contributed by atoms with van der Waals surface area (Å²) >= 11 is 3.58. The van der Waals surface area contributed by atoms with E-state index in [-0.39, 0.29) is 4.90 Å². The van der Waals surface area contributed by atoms with Gasteiger partial charge in [-0.3, -0.25) is 0 Å². The van der Waals surface area contributed by atoms with Gasteiger partial charge in [0.15, 0.2) is 0 Å². The molecule has 0 saturated carbocycles. The number of unbranched alkanes of at least 4 members (excludes halogenated alkanes) is 10. The van der Waals surface area contributed by atoms with E-state index in [1.54, 1.807) is 12.1 Å². The maximum absolute atomic E-state index is 10.4. The Morgan fingerprint density at radius 1 is 0.727 bits per heavy atom. The molecule has 1 aromatic carbocycles. The Kier molecular flexibility index (Phi) is 19.6. The summed E-state index contributed by atoms with van der Waals surface area (Å²) in [5, 5.41) is 1.17. The molecular weight excluding hydrogens is 498 g/mol. The number of aryl methyl sites for hydroxylation is 1. The number of rotatable bonds is 18. The molecule has 6 heteroatoms. The van der Waals surface area contributed by atoms with Crippen molar-refractivity contribution >= 4 is 26.0 Å². The first kappa shape index (κ1) is 32.6. The van der Waals surface area contributed by atoms with Gasteiger partial charge in [-0.1, -0.05) is 92.4 Å². The number of hydrogen-bond acceptors (Lipinski definition) is 3. The molecule has 0 fully saturated rings. The first-order chi connectivity index (χ1) is 15.7. The predicted octanol–water partition coefficient (Wildman–Crippen LogP) is 7.84. The summed E-state index contributed by atoms with van der Waals surface area (Å²) in [6, 6.07) is 5.78. The molecule has 1 atom stereocenters. The minimum absolute atomic E-state index is 0.178. The molecule has 0 bridgehead atoms. The Morgan fingerprint density at radius 2 is 1.12 bits per heavy atom. The molecule has 0 aliphatic heterocycles. The number of alkyl halides is 1. The molecule has 0 spiro atoms. The molecule has 0 heterocycles. The van der Waals surface area contributed by atoms with Crippen LogP contribution < -0.4 is 0 Å². The monoisotopic (exact) mass is 547 g/mol. The van der Waals surface area contributed by atoms with Crippen LogP contribution in [0.15, 0.2) is 29.2 Å². The van der Waals surface area contributed by atoms with Crippen molar-refractivity contribution in [2.75, 3.05) is 32.0 Å². The molecule has 0 aliphatic rings. The van der Waals surface area contributed by atoms with Crippen LogP contribution in [-0.2, 0) is 10.1 Å². The van der Waals surface area contributed by atoms with Crippen LogP contribution in [0.4, 0.5) is 0 Å². The van der Waals surface area contributed by atoms with Crippen molar-refractivity contribution in [2.24, 2.45) is 0 Å². The minimum atomic E-state index is -4.27. The molecule has 0 aromatic heterocycles. The van der Waals surface area contributed by atoms with E-state index in [0.717, 1.165) is 5.56 Å². The molecule has 1 unspecified atom stereocenters. The lowest BCUT2D eigenvalue weighted by Gasteiger charge is -2.35. The van der Waals surface area contributed by atoms with E-state index in [9.17, 15) is 13.0 Å². The van der Waals surface area contributed by atoms with E-state index in [1.165, 1.54) is 125 Å². The average Bonchev–Trinajstić information content (AvgIpc) is 2.76. The minimum Gasteiger partial charge on any atom is -0.744 e. The lowest BCUT2D eigenvalue weighted by molar-refractivity contribution is -0.910. The molecule has 194 valence electrons. The highest BCUT2D eigenvalue weighted by Crippen LogP contribution is 2.15. The summed E-state index contributed by atoms with van der Waals surface area (Å²) in [5.74, 6) is 0. The first-order valence-corrected chi connectivity index (χ1v) is 15.6. The van der Waals surface area contributed by atoms with Crippen molar-refractivity contribution in [1.82, 2.24) is 0 Å². The number of halogens is 1. The largest absolute Gasteiger partial charge is 0.744 e. The van der Waals surface area contributed by atoms with Crippen LogP contribution in [-0.4, -0.2) is 49.5 Å². The van der Waals surface area contributed by atoms with Gasteiger partial charge in [-0.15, -0.1) is 0 Å². The maximum atomic E-state index is 10.4. The maximum Gasteiger partial charge on any atom is 0.124 e. The molecule has 1 rings (SSSR count). The van der Waals surface area contributed by atoms with Gasteiger partial charge < -0.3 is 9.04 Å². The lowest BCUT2D eigenvalue weighted by Crippen LogP contribution is -2.46. The van der Waals surface area contributed by atoms with Crippen molar-refractivity contribution in [1.29, 1.82) is 0 Å².